The molecule has 0 atom stereocenters. The van der Waals surface area contributed by atoms with E-state index >= 15 is 0 Å². The fourth-order valence-corrected chi connectivity index (χ4v) is 2.12. The summed E-state index contributed by atoms with van der Waals surface area (Å²) in [6.07, 6.45) is 3.22. The van der Waals surface area contributed by atoms with Crippen molar-refractivity contribution in [1.82, 2.24) is 15.2 Å². The molecule has 0 aliphatic carbocycles. The van der Waals surface area contributed by atoms with Crippen LogP contribution in [0.2, 0.25) is 0 Å². The summed E-state index contributed by atoms with van der Waals surface area (Å²) < 4.78 is 15.9. The second-order valence-electron chi connectivity index (χ2n) is 4.64. The minimum atomic E-state index is -0.448. The first-order valence-electron chi connectivity index (χ1n) is 6.99. The van der Waals surface area contributed by atoms with E-state index < -0.39 is 5.91 Å². The molecule has 8 heteroatoms. The van der Waals surface area contributed by atoms with Crippen LogP contribution in [0.15, 0.2) is 47.1 Å². The fraction of sp³-hybridized carbons (Fsp3) is 0.125. The van der Waals surface area contributed by atoms with Crippen molar-refractivity contribution >= 4 is 11.9 Å². The molecule has 0 radical (unpaired) electrons. The highest BCUT2D eigenvalue weighted by molar-refractivity contribution is 6.05. The van der Waals surface area contributed by atoms with Gasteiger partial charge in [0, 0.05) is 18.0 Å². The van der Waals surface area contributed by atoms with E-state index in [9.17, 15) is 4.79 Å². The van der Waals surface area contributed by atoms with Crippen LogP contribution in [0.1, 0.15) is 10.4 Å². The van der Waals surface area contributed by atoms with Crippen LogP contribution in [0.25, 0.3) is 11.5 Å². The lowest BCUT2D eigenvalue weighted by atomic mass is 10.1. The van der Waals surface area contributed by atoms with Crippen molar-refractivity contribution in [1.29, 1.82) is 0 Å². The molecule has 8 nitrogen and oxygen atoms in total. The number of benzene rings is 1. The third-order valence-corrected chi connectivity index (χ3v) is 3.22. The fourth-order valence-electron chi connectivity index (χ4n) is 2.12. The van der Waals surface area contributed by atoms with E-state index in [2.05, 4.69) is 20.5 Å². The summed E-state index contributed by atoms with van der Waals surface area (Å²) in [5.41, 5.74) is 0.998. The Kier molecular flexibility index (Phi) is 4.37. The summed E-state index contributed by atoms with van der Waals surface area (Å²) in [5, 5.41) is 10.3. The Morgan fingerprint density at radius 1 is 1.08 bits per heavy atom. The third-order valence-electron chi connectivity index (χ3n) is 3.22. The van der Waals surface area contributed by atoms with Gasteiger partial charge in [-0.15, -0.1) is 5.10 Å². The second kappa shape index (κ2) is 6.78. The van der Waals surface area contributed by atoms with Crippen LogP contribution < -0.4 is 14.8 Å². The summed E-state index contributed by atoms with van der Waals surface area (Å²) >= 11 is 0. The zero-order chi connectivity index (χ0) is 16.9. The molecule has 122 valence electrons. The molecule has 0 saturated carbocycles. The van der Waals surface area contributed by atoms with Crippen LogP contribution in [0.3, 0.4) is 0 Å². The van der Waals surface area contributed by atoms with E-state index in [0.29, 0.717) is 22.6 Å². The van der Waals surface area contributed by atoms with Crippen molar-refractivity contribution in [2.75, 3.05) is 19.5 Å². The summed E-state index contributed by atoms with van der Waals surface area (Å²) in [4.78, 5) is 16.3. The predicted octanol–water partition coefficient (Wildman–Crippen LogP) is 2.40. The molecule has 1 amide bonds. The summed E-state index contributed by atoms with van der Waals surface area (Å²) in [6.45, 7) is 0. The monoisotopic (exact) mass is 326 g/mol. The number of nitrogens with one attached hydrogen (secondary N) is 1. The molecule has 0 spiro atoms. The second-order valence-corrected chi connectivity index (χ2v) is 4.64. The molecular weight excluding hydrogens is 312 g/mol. The Balaban J connectivity index is 1.82. The number of rotatable bonds is 5. The van der Waals surface area contributed by atoms with Gasteiger partial charge < -0.3 is 13.9 Å². The van der Waals surface area contributed by atoms with Gasteiger partial charge in [0.1, 0.15) is 0 Å². The molecule has 0 fully saturated rings. The number of hydrogen-bond acceptors (Lipinski definition) is 7. The minimum Gasteiger partial charge on any atom is -0.493 e. The van der Waals surface area contributed by atoms with Crippen LogP contribution >= 0.6 is 0 Å². The van der Waals surface area contributed by atoms with Crippen molar-refractivity contribution in [2.45, 2.75) is 0 Å². The van der Waals surface area contributed by atoms with Gasteiger partial charge in [0.15, 0.2) is 11.5 Å². The highest BCUT2D eigenvalue weighted by Gasteiger charge is 2.18. The molecule has 0 bridgehead atoms. The Hall–Kier alpha value is -3.42. The van der Waals surface area contributed by atoms with Crippen LogP contribution in [-0.4, -0.2) is 35.3 Å². The Morgan fingerprint density at radius 2 is 1.88 bits per heavy atom. The predicted molar refractivity (Wildman–Crippen MR) is 85.0 cm³/mol. The summed E-state index contributed by atoms with van der Waals surface area (Å²) in [6, 6.07) is 8.43. The van der Waals surface area contributed by atoms with Crippen molar-refractivity contribution in [3.8, 4) is 23.0 Å². The van der Waals surface area contributed by atoms with Gasteiger partial charge in [-0.3, -0.25) is 15.1 Å². The number of pyridine rings is 1. The Morgan fingerprint density at radius 3 is 2.58 bits per heavy atom. The van der Waals surface area contributed by atoms with Gasteiger partial charge in [-0.25, -0.2) is 0 Å². The number of aromatic nitrogens is 3. The first-order valence-corrected chi connectivity index (χ1v) is 6.99. The quantitative estimate of drug-likeness (QED) is 0.768. The number of carbonyl (C=O) groups is 1. The Labute approximate surface area is 137 Å². The lowest BCUT2D eigenvalue weighted by Gasteiger charge is -2.11. The maximum absolute atomic E-state index is 12.4. The van der Waals surface area contributed by atoms with Crippen molar-refractivity contribution in [3.05, 3.63) is 48.3 Å². The normalized spacial score (nSPS) is 10.2. The molecule has 0 aliphatic rings. The number of carbonyl (C=O) groups excluding carboxylic acids is 1. The third kappa shape index (κ3) is 3.02. The number of para-hydroxylation sites is 1. The number of hydrogen-bond donors (Lipinski definition) is 1. The lowest BCUT2D eigenvalue weighted by Crippen LogP contribution is -2.13. The van der Waals surface area contributed by atoms with E-state index in [0.717, 1.165) is 0 Å². The molecule has 0 aliphatic heterocycles. The smallest absolute Gasteiger partial charge is 0.322 e. The van der Waals surface area contributed by atoms with Gasteiger partial charge in [0.05, 0.1) is 19.8 Å². The van der Waals surface area contributed by atoms with E-state index in [-0.39, 0.29) is 11.9 Å². The van der Waals surface area contributed by atoms with Crippen LogP contribution in [-0.2, 0) is 0 Å². The van der Waals surface area contributed by atoms with E-state index in [1.54, 1.807) is 42.7 Å². The topological polar surface area (TPSA) is 99.4 Å². The molecule has 1 N–H and O–H groups in total. The highest BCUT2D eigenvalue weighted by Crippen LogP contribution is 2.31. The molecule has 0 saturated heterocycles. The van der Waals surface area contributed by atoms with Gasteiger partial charge in [-0.1, -0.05) is 11.2 Å². The zero-order valence-electron chi connectivity index (χ0n) is 13.0. The molecule has 2 aromatic heterocycles. The molecule has 3 aromatic rings. The highest BCUT2D eigenvalue weighted by atomic mass is 16.5. The standard InChI is InChI=1S/C16H14N4O4/c1-22-12-5-3-4-11(13(12)23-2)14(21)18-16-20-19-15(24-16)10-6-8-17-9-7-10/h3-9H,1-2H3,(H,18,20,21). The molecule has 0 unspecified atom stereocenters. The van der Waals surface area contributed by atoms with Gasteiger partial charge in [0.25, 0.3) is 5.91 Å². The Bertz CT molecular complexity index is 848. The van der Waals surface area contributed by atoms with Gasteiger partial charge in [-0.05, 0) is 24.3 Å². The van der Waals surface area contributed by atoms with Gasteiger partial charge in [-0.2, -0.15) is 0 Å². The number of amides is 1. The number of anilines is 1. The lowest BCUT2D eigenvalue weighted by molar-refractivity contribution is 0.102. The van der Waals surface area contributed by atoms with Crippen molar-refractivity contribution < 1.29 is 18.7 Å². The van der Waals surface area contributed by atoms with Crippen LogP contribution in [0.5, 0.6) is 11.5 Å². The van der Waals surface area contributed by atoms with E-state index in [4.69, 9.17) is 13.9 Å². The number of ether oxygens (including phenoxy) is 2. The zero-order valence-corrected chi connectivity index (χ0v) is 13.0. The van der Waals surface area contributed by atoms with Gasteiger partial charge >= 0.3 is 6.01 Å². The SMILES string of the molecule is COc1cccc(C(=O)Nc2nnc(-c3ccncc3)o2)c1OC. The minimum absolute atomic E-state index is 0.0170. The molecule has 2 heterocycles. The average molecular weight is 326 g/mol. The summed E-state index contributed by atoms with van der Waals surface area (Å²) in [5.74, 6) is 0.612. The van der Waals surface area contributed by atoms with E-state index in [1.807, 2.05) is 0 Å². The van der Waals surface area contributed by atoms with Gasteiger partial charge in [0.2, 0.25) is 5.89 Å². The van der Waals surface area contributed by atoms with Crippen LogP contribution in [0.4, 0.5) is 6.01 Å². The molecule has 24 heavy (non-hydrogen) atoms. The maximum atomic E-state index is 12.4. The largest absolute Gasteiger partial charge is 0.493 e. The summed E-state index contributed by atoms with van der Waals surface area (Å²) in [7, 11) is 2.96. The molecular formula is C16H14N4O4. The average Bonchev–Trinajstić information content (AvgIpc) is 3.10. The number of nitrogens with zero attached hydrogens (tertiary/aromatic N) is 3. The first-order chi connectivity index (χ1) is 11.7. The number of methoxy groups -OCH3 is 2. The molecule has 1 aromatic carbocycles. The van der Waals surface area contributed by atoms with Crippen molar-refractivity contribution in [2.24, 2.45) is 0 Å². The maximum Gasteiger partial charge on any atom is 0.322 e. The van der Waals surface area contributed by atoms with E-state index in [1.165, 1.54) is 14.2 Å². The van der Waals surface area contributed by atoms with Crippen LogP contribution in [0, 0.1) is 0 Å². The molecule has 3 rings (SSSR count). The van der Waals surface area contributed by atoms with Crippen molar-refractivity contribution in [3.63, 3.8) is 0 Å². The first kappa shape index (κ1) is 15.5.